The molecule has 0 radical (unpaired) electrons. The van der Waals surface area contributed by atoms with Crippen molar-refractivity contribution in [2.75, 3.05) is 6.61 Å². The zero-order valence-electron chi connectivity index (χ0n) is 14.9. The minimum absolute atomic E-state index is 0.0642. The van der Waals surface area contributed by atoms with Crippen LogP contribution in [0.15, 0.2) is 64.5 Å². The number of Topliss-reactive ketones (excluding diaryl/α,β-unsaturated/α-hetero) is 1. The van der Waals surface area contributed by atoms with E-state index in [0.717, 1.165) is 17.3 Å². The molecular formula is C20H16N2O5S. The SMILES string of the molecule is CCOC(=O)C1C(=O)/C(=C/c2ccccc2)SC1=Nc1ccc([N+](=O)[O-])cc1. The minimum Gasteiger partial charge on any atom is -0.465 e. The number of hydrogen-bond donors (Lipinski definition) is 0. The number of esters is 1. The molecule has 1 aliphatic rings. The molecule has 1 heterocycles. The highest BCUT2D eigenvalue weighted by Gasteiger charge is 2.42. The molecule has 0 aromatic heterocycles. The van der Waals surface area contributed by atoms with Crippen molar-refractivity contribution in [1.29, 1.82) is 0 Å². The van der Waals surface area contributed by atoms with Gasteiger partial charge < -0.3 is 4.74 Å². The second-order valence-corrected chi connectivity index (χ2v) is 6.86. The molecule has 142 valence electrons. The van der Waals surface area contributed by atoms with Crippen LogP contribution in [0.25, 0.3) is 6.08 Å². The monoisotopic (exact) mass is 396 g/mol. The van der Waals surface area contributed by atoms with E-state index in [9.17, 15) is 19.7 Å². The topological polar surface area (TPSA) is 98.9 Å². The van der Waals surface area contributed by atoms with E-state index in [1.165, 1.54) is 24.3 Å². The molecule has 7 nitrogen and oxygen atoms in total. The third-order valence-electron chi connectivity index (χ3n) is 3.89. The Morgan fingerprint density at radius 3 is 2.50 bits per heavy atom. The summed E-state index contributed by atoms with van der Waals surface area (Å²) in [5, 5.41) is 11.1. The molecule has 0 aliphatic carbocycles. The normalized spacial score (nSPS) is 19.2. The van der Waals surface area contributed by atoms with Crippen LogP contribution >= 0.6 is 11.8 Å². The van der Waals surface area contributed by atoms with Crippen molar-refractivity contribution >= 4 is 46.0 Å². The summed E-state index contributed by atoms with van der Waals surface area (Å²) in [6.45, 7) is 1.81. The summed E-state index contributed by atoms with van der Waals surface area (Å²) >= 11 is 1.11. The highest BCUT2D eigenvalue weighted by molar-refractivity contribution is 8.19. The number of benzene rings is 2. The first-order valence-electron chi connectivity index (χ1n) is 8.48. The Morgan fingerprint density at radius 2 is 1.89 bits per heavy atom. The maximum atomic E-state index is 12.8. The third-order valence-corrected chi connectivity index (χ3v) is 4.96. The number of nitrogens with zero attached hydrogens (tertiary/aromatic N) is 2. The molecule has 0 N–H and O–H groups in total. The number of nitro groups is 1. The summed E-state index contributed by atoms with van der Waals surface area (Å²) in [5.74, 6) is -2.15. The fraction of sp³-hybridized carbons (Fsp3) is 0.150. The average Bonchev–Trinajstić information content (AvgIpc) is 2.98. The maximum Gasteiger partial charge on any atom is 0.323 e. The number of carbonyl (C=O) groups is 2. The molecule has 0 spiro atoms. The lowest BCUT2D eigenvalue weighted by Gasteiger charge is -2.07. The van der Waals surface area contributed by atoms with E-state index in [4.69, 9.17) is 4.74 Å². The Labute approximate surface area is 165 Å². The van der Waals surface area contributed by atoms with Crippen molar-refractivity contribution in [3.05, 3.63) is 75.2 Å². The molecule has 28 heavy (non-hydrogen) atoms. The molecule has 1 fully saturated rings. The van der Waals surface area contributed by atoms with Crippen molar-refractivity contribution in [3.8, 4) is 0 Å². The fourth-order valence-electron chi connectivity index (χ4n) is 2.57. The van der Waals surface area contributed by atoms with Gasteiger partial charge in [0.1, 0.15) is 5.04 Å². The zero-order chi connectivity index (χ0) is 20.1. The summed E-state index contributed by atoms with van der Waals surface area (Å²) in [6, 6.07) is 14.9. The Balaban J connectivity index is 1.96. The molecule has 1 atom stereocenters. The van der Waals surface area contributed by atoms with Crippen LogP contribution in [-0.4, -0.2) is 28.3 Å². The van der Waals surface area contributed by atoms with E-state index in [0.29, 0.717) is 15.6 Å². The van der Waals surface area contributed by atoms with Crippen LogP contribution in [0.4, 0.5) is 11.4 Å². The van der Waals surface area contributed by atoms with Gasteiger partial charge in [0.05, 0.1) is 22.1 Å². The highest BCUT2D eigenvalue weighted by atomic mass is 32.2. The quantitative estimate of drug-likeness (QED) is 0.247. The average molecular weight is 396 g/mol. The number of carbonyl (C=O) groups excluding carboxylic acids is 2. The number of aliphatic imine (C=N–C) groups is 1. The first-order chi connectivity index (χ1) is 13.5. The minimum atomic E-state index is -1.13. The van der Waals surface area contributed by atoms with E-state index in [1.54, 1.807) is 13.0 Å². The zero-order valence-corrected chi connectivity index (χ0v) is 15.7. The van der Waals surface area contributed by atoms with Crippen LogP contribution in [0.1, 0.15) is 12.5 Å². The molecule has 0 saturated carbocycles. The van der Waals surface area contributed by atoms with E-state index in [2.05, 4.69) is 4.99 Å². The van der Waals surface area contributed by atoms with Crippen LogP contribution in [-0.2, 0) is 14.3 Å². The standard InChI is InChI=1S/C20H16N2O5S/c1-2-27-20(24)17-18(23)16(12-13-6-4-3-5-7-13)28-19(17)21-14-8-10-15(11-9-14)22(25)26/h3-12,17H,2H2,1H3/b16-12-,21-19?. The highest BCUT2D eigenvalue weighted by Crippen LogP contribution is 2.38. The summed E-state index contributed by atoms with van der Waals surface area (Å²) in [6.07, 6.45) is 1.71. The number of hydrogen-bond acceptors (Lipinski definition) is 7. The maximum absolute atomic E-state index is 12.8. The molecule has 0 amide bonds. The van der Waals surface area contributed by atoms with Gasteiger partial charge in [-0.15, -0.1) is 0 Å². The molecule has 0 bridgehead atoms. The second kappa shape index (κ2) is 8.62. The van der Waals surface area contributed by atoms with Crippen LogP contribution in [0.5, 0.6) is 0 Å². The van der Waals surface area contributed by atoms with Gasteiger partial charge in [-0.05, 0) is 30.7 Å². The number of non-ortho nitro benzene ring substituents is 1. The molecular weight excluding hydrogens is 380 g/mol. The summed E-state index contributed by atoms with van der Waals surface area (Å²) in [4.78, 5) is 40.2. The van der Waals surface area contributed by atoms with Crippen LogP contribution in [0, 0.1) is 16.0 Å². The number of ketones is 1. The largest absolute Gasteiger partial charge is 0.465 e. The predicted molar refractivity (Wildman–Crippen MR) is 107 cm³/mol. The molecule has 3 rings (SSSR count). The number of ether oxygens (including phenoxy) is 1. The number of nitro benzene ring substituents is 1. The molecule has 1 unspecified atom stereocenters. The number of rotatable bonds is 5. The Bertz CT molecular complexity index is 968. The summed E-state index contributed by atoms with van der Waals surface area (Å²) in [5.41, 5.74) is 1.18. The fourth-order valence-corrected chi connectivity index (χ4v) is 3.69. The van der Waals surface area contributed by atoms with E-state index in [-0.39, 0.29) is 18.1 Å². The van der Waals surface area contributed by atoms with Gasteiger partial charge in [-0.25, -0.2) is 4.99 Å². The van der Waals surface area contributed by atoms with Crippen LogP contribution < -0.4 is 0 Å². The van der Waals surface area contributed by atoms with Crippen molar-refractivity contribution < 1.29 is 19.2 Å². The van der Waals surface area contributed by atoms with E-state index >= 15 is 0 Å². The van der Waals surface area contributed by atoms with Gasteiger partial charge in [-0.2, -0.15) is 0 Å². The van der Waals surface area contributed by atoms with Gasteiger partial charge >= 0.3 is 5.97 Å². The smallest absolute Gasteiger partial charge is 0.323 e. The van der Waals surface area contributed by atoms with Gasteiger partial charge in [0, 0.05) is 12.1 Å². The lowest BCUT2D eigenvalue weighted by molar-refractivity contribution is -0.384. The second-order valence-electron chi connectivity index (χ2n) is 5.79. The van der Waals surface area contributed by atoms with Crippen molar-refractivity contribution in [2.45, 2.75) is 6.92 Å². The Kier molecular flexibility index (Phi) is 6.00. The van der Waals surface area contributed by atoms with Gasteiger partial charge in [0.15, 0.2) is 11.7 Å². The molecule has 2 aromatic rings. The molecule has 2 aromatic carbocycles. The predicted octanol–water partition coefficient (Wildman–Crippen LogP) is 4.16. The van der Waals surface area contributed by atoms with Crippen molar-refractivity contribution in [1.82, 2.24) is 0 Å². The Hall–Kier alpha value is -3.26. The van der Waals surface area contributed by atoms with E-state index < -0.39 is 16.8 Å². The van der Waals surface area contributed by atoms with Gasteiger partial charge in [0.2, 0.25) is 0 Å². The van der Waals surface area contributed by atoms with Crippen LogP contribution in [0.2, 0.25) is 0 Å². The van der Waals surface area contributed by atoms with Crippen molar-refractivity contribution in [3.63, 3.8) is 0 Å². The number of thioether (sulfide) groups is 1. The van der Waals surface area contributed by atoms with Crippen LogP contribution in [0.3, 0.4) is 0 Å². The van der Waals surface area contributed by atoms with Gasteiger partial charge in [-0.1, -0.05) is 42.1 Å². The summed E-state index contributed by atoms with van der Waals surface area (Å²) < 4.78 is 5.04. The van der Waals surface area contributed by atoms with Gasteiger partial charge in [-0.3, -0.25) is 19.7 Å². The summed E-state index contributed by atoms with van der Waals surface area (Å²) in [7, 11) is 0. The third kappa shape index (κ3) is 4.34. The molecule has 1 aliphatic heterocycles. The molecule has 1 saturated heterocycles. The van der Waals surface area contributed by atoms with Crippen molar-refractivity contribution in [2.24, 2.45) is 10.9 Å². The molecule has 8 heteroatoms. The lowest BCUT2D eigenvalue weighted by atomic mass is 10.0. The van der Waals surface area contributed by atoms with Gasteiger partial charge in [0.25, 0.3) is 5.69 Å². The van der Waals surface area contributed by atoms with E-state index in [1.807, 2.05) is 30.3 Å². The number of allylic oxidation sites excluding steroid dienone is 1. The first kappa shape index (κ1) is 19.5. The lowest BCUT2D eigenvalue weighted by Crippen LogP contribution is -2.27. The Morgan fingerprint density at radius 1 is 1.21 bits per heavy atom. The first-order valence-corrected chi connectivity index (χ1v) is 9.29.